The third-order valence-electron chi connectivity index (χ3n) is 3.43. The average molecular weight is 394 g/mol. The number of rotatable bonds is 3. The highest BCUT2D eigenvalue weighted by Gasteiger charge is 2.35. The zero-order valence-electron chi connectivity index (χ0n) is 12.3. The van der Waals surface area contributed by atoms with Crippen LogP contribution < -0.4 is 21.5 Å². The number of carbonyl (C=O) groups excluding carboxylic acids is 1. The van der Waals surface area contributed by atoms with Gasteiger partial charge in [0.2, 0.25) is 17.3 Å². The van der Waals surface area contributed by atoms with E-state index in [1.165, 1.54) is 29.5 Å². The van der Waals surface area contributed by atoms with Gasteiger partial charge in [0.1, 0.15) is 0 Å². The molecule has 0 unspecified atom stereocenters. The number of benzene rings is 1. The van der Waals surface area contributed by atoms with Gasteiger partial charge in [-0.15, -0.1) is 0 Å². The predicted octanol–water partition coefficient (Wildman–Crippen LogP) is 0.867. The smallest absolute Gasteiger partial charge is 0.417 e. The van der Waals surface area contributed by atoms with Gasteiger partial charge in [0.05, 0.1) is 10.4 Å². The summed E-state index contributed by atoms with van der Waals surface area (Å²) in [4.78, 5) is 13.3. The Balaban J connectivity index is 0.00000242. The summed E-state index contributed by atoms with van der Waals surface area (Å²) >= 11 is 1.53. The van der Waals surface area contributed by atoms with E-state index in [9.17, 15) is 18.0 Å². The first-order valence-corrected chi connectivity index (χ1v) is 7.19. The average Bonchev–Trinajstić information content (AvgIpc) is 2.64. The van der Waals surface area contributed by atoms with Crippen LogP contribution in [0, 0.1) is 20.8 Å². The van der Waals surface area contributed by atoms with E-state index in [-0.39, 0.29) is 29.1 Å². The van der Waals surface area contributed by atoms with Crippen molar-refractivity contribution < 1.29 is 39.5 Å². The maximum Gasteiger partial charge on any atom is 0.417 e. The molecule has 22 heavy (non-hydrogen) atoms. The molecule has 0 aliphatic rings. The van der Waals surface area contributed by atoms with Crippen LogP contribution in [0.3, 0.4) is 0 Å². The molecule has 0 saturated heterocycles. The molecule has 120 valence electrons. The molecule has 0 fully saturated rings. The summed E-state index contributed by atoms with van der Waals surface area (Å²) in [6.45, 7) is 5.57. The minimum Gasteiger partial charge on any atom is -1.00 e. The van der Waals surface area contributed by atoms with Crippen molar-refractivity contribution in [2.24, 2.45) is 0 Å². The highest BCUT2D eigenvalue weighted by Crippen LogP contribution is 2.32. The number of hydrogen-bond acceptors (Lipinski definition) is 2. The lowest BCUT2D eigenvalue weighted by Crippen LogP contribution is -3.00. The lowest BCUT2D eigenvalue weighted by Gasteiger charge is -2.10. The lowest BCUT2D eigenvalue weighted by molar-refractivity contribution is -0.690. The molecule has 0 N–H and O–H groups in total. The Labute approximate surface area is 141 Å². The Bertz CT molecular complexity index is 695. The summed E-state index contributed by atoms with van der Waals surface area (Å²) in [5, 5.41) is 0.905. The second kappa shape index (κ2) is 6.91. The lowest BCUT2D eigenvalue weighted by atomic mass is 10.0. The van der Waals surface area contributed by atoms with Gasteiger partial charge in [-0.05, 0) is 13.0 Å². The minimum absolute atomic E-state index is 0. The van der Waals surface area contributed by atoms with Crippen molar-refractivity contribution in [3.05, 3.63) is 51.0 Å². The molecule has 0 saturated carbocycles. The van der Waals surface area contributed by atoms with Crippen molar-refractivity contribution in [3.8, 4) is 0 Å². The molecule has 0 radical (unpaired) electrons. The molecule has 0 amide bonds. The van der Waals surface area contributed by atoms with Crippen LogP contribution in [-0.4, -0.2) is 5.78 Å². The standard InChI is InChI=1S/C15H15F3NOS.BrH/c1-9-10(2)21-11(3)19(9)8-14(20)12-6-4-5-7-13(12)15(16,17)18;/h4-7H,8H2,1-3H3;1H/q+1;/p-1. The Kier molecular flexibility index (Phi) is 5.92. The molecule has 7 heteroatoms. The van der Waals surface area contributed by atoms with E-state index in [4.69, 9.17) is 0 Å². The first kappa shape index (κ1) is 18.8. The molecule has 2 aromatic rings. The van der Waals surface area contributed by atoms with Crippen LogP contribution in [0.25, 0.3) is 0 Å². The first-order valence-electron chi connectivity index (χ1n) is 6.37. The summed E-state index contributed by atoms with van der Waals surface area (Å²) in [6.07, 6.45) is -4.52. The maximum atomic E-state index is 13.0. The Hall–Kier alpha value is -1.21. The summed E-state index contributed by atoms with van der Waals surface area (Å²) in [5.74, 6) is -0.531. The van der Waals surface area contributed by atoms with Crippen LogP contribution >= 0.6 is 11.3 Å². The normalized spacial score (nSPS) is 11.2. The summed E-state index contributed by atoms with van der Waals surface area (Å²) in [5.41, 5.74) is -0.242. The maximum absolute atomic E-state index is 13.0. The number of carbonyl (C=O) groups is 1. The van der Waals surface area contributed by atoms with E-state index in [2.05, 4.69) is 0 Å². The van der Waals surface area contributed by atoms with Crippen molar-refractivity contribution in [2.75, 3.05) is 0 Å². The molecule has 0 aliphatic heterocycles. The van der Waals surface area contributed by atoms with E-state index >= 15 is 0 Å². The van der Waals surface area contributed by atoms with Crippen LogP contribution in [-0.2, 0) is 12.7 Å². The number of alkyl halides is 3. The molecule has 2 nitrogen and oxygen atoms in total. The van der Waals surface area contributed by atoms with Gasteiger partial charge in [0, 0.05) is 19.4 Å². The quantitative estimate of drug-likeness (QED) is 0.559. The first-order chi connectivity index (χ1) is 9.71. The predicted molar refractivity (Wildman–Crippen MR) is 74.5 cm³/mol. The summed E-state index contributed by atoms with van der Waals surface area (Å²) < 4.78 is 40.6. The van der Waals surface area contributed by atoms with Crippen molar-refractivity contribution in [1.82, 2.24) is 0 Å². The van der Waals surface area contributed by atoms with Crippen molar-refractivity contribution >= 4 is 17.1 Å². The number of aryl methyl sites for hydroxylation is 2. The summed E-state index contributed by atoms with van der Waals surface area (Å²) in [6, 6.07) is 4.91. The van der Waals surface area contributed by atoms with Gasteiger partial charge < -0.3 is 17.0 Å². The summed E-state index contributed by atoms with van der Waals surface area (Å²) in [7, 11) is 0. The van der Waals surface area contributed by atoms with Crippen LogP contribution in [0.15, 0.2) is 24.3 Å². The number of halogens is 4. The second-order valence-electron chi connectivity index (χ2n) is 4.82. The zero-order chi connectivity index (χ0) is 15.8. The molecule has 0 spiro atoms. The fraction of sp³-hybridized carbons (Fsp3) is 0.333. The van der Waals surface area contributed by atoms with Gasteiger partial charge in [0.25, 0.3) is 0 Å². The van der Waals surface area contributed by atoms with Crippen LogP contribution in [0.4, 0.5) is 13.2 Å². The molecule has 1 aromatic heterocycles. The van der Waals surface area contributed by atoms with Gasteiger partial charge in [-0.25, -0.2) is 0 Å². The van der Waals surface area contributed by atoms with E-state index in [0.717, 1.165) is 21.6 Å². The van der Waals surface area contributed by atoms with E-state index in [1.807, 2.05) is 20.8 Å². The van der Waals surface area contributed by atoms with Crippen LogP contribution in [0.5, 0.6) is 0 Å². The van der Waals surface area contributed by atoms with Gasteiger partial charge in [-0.2, -0.15) is 17.7 Å². The van der Waals surface area contributed by atoms with Crippen molar-refractivity contribution in [1.29, 1.82) is 0 Å². The molecule has 0 aliphatic carbocycles. The number of nitrogens with zero attached hydrogens (tertiary/aromatic N) is 1. The Morgan fingerprint density at radius 1 is 1.18 bits per heavy atom. The van der Waals surface area contributed by atoms with E-state index in [1.54, 1.807) is 4.57 Å². The van der Waals surface area contributed by atoms with E-state index in [0.29, 0.717) is 0 Å². The number of aromatic nitrogens is 1. The van der Waals surface area contributed by atoms with Crippen LogP contribution in [0.1, 0.15) is 31.5 Å². The molecule has 1 aromatic carbocycles. The van der Waals surface area contributed by atoms with Crippen molar-refractivity contribution in [2.45, 2.75) is 33.5 Å². The molecule has 0 atom stereocenters. The third kappa shape index (κ3) is 3.76. The van der Waals surface area contributed by atoms with E-state index < -0.39 is 17.5 Å². The topological polar surface area (TPSA) is 20.9 Å². The van der Waals surface area contributed by atoms with Gasteiger partial charge in [0.15, 0.2) is 5.69 Å². The molecular weight excluding hydrogens is 379 g/mol. The third-order valence-corrected chi connectivity index (χ3v) is 4.55. The largest absolute Gasteiger partial charge is 1.00 e. The SMILES string of the molecule is Cc1sc(C)[n+](CC(=O)c2ccccc2C(F)(F)F)c1C.[Br-]. The number of thiazole rings is 1. The highest BCUT2D eigenvalue weighted by molar-refractivity contribution is 7.11. The van der Waals surface area contributed by atoms with Gasteiger partial charge >= 0.3 is 6.18 Å². The van der Waals surface area contributed by atoms with Gasteiger partial charge in [-0.1, -0.05) is 29.5 Å². The number of Topliss-reactive ketones (excluding diaryl/α,β-unsaturated/α-hetero) is 1. The Morgan fingerprint density at radius 2 is 1.77 bits per heavy atom. The zero-order valence-corrected chi connectivity index (χ0v) is 14.7. The van der Waals surface area contributed by atoms with Gasteiger partial charge in [-0.3, -0.25) is 4.79 Å². The Morgan fingerprint density at radius 3 is 2.27 bits per heavy atom. The second-order valence-corrected chi connectivity index (χ2v) is 6.22. The fourth-order valence-corrected chi connectivity index (χ4v) is 3.22. The highest BCUT2D eigenvalue weighted by atomic mass is 79.9. The molecule has 0 bridgehead atoms. The molecule has 2 rings (SSSR count). The molecule has 1 heterocycles. The minimum atomic E-state index is -4.52. The number of hydrogen-bond donors (Lipinski definition) is 0. The fourth-order valence-electron chi connectivity index (χ4n) is 2.21. The van der Waals surface area contributed by atoms with Crippen LogP contribution in [0.2, 0.25) is 0 Å². The number of ketones is 1. The monoisotopic (exact) mass is 393 g/mol. The van der Waals surface area contributed by atoms with Crippen molar-refractivity contribution in [3.63, 3.8) is 0 Å². The molecular formula is C15H15BrF3NOS.